The highest BCUT2D eigenvalue weighted by atomic mass is 16.5. The first-order valence-electron chi connectivity index (χ1n) is 10.1. The molecule has 0 radical (unpaired) electrons. The largest absolute Gasteiger partial charge is 0.465 e. The van der Waals surface area contributed by atoms with Crippen LogP contribution in [0.1, 0.15) is 40.3 Å². The Labute approximate surface area is 184 Å². The fraction of sp³-hybridized carbons (Fsp3) is 0.261. The van der Waals surface area contributed by atoms with Gasteiger partial charge in [-0.2, -0.15) is 0 Å². The zero-order valence-corrected chi connectivity index (χ0v) is 18.0. The van der Waals surface area contributed by atoms with Crippen LogP contribution in [-0.4, -0.2) is 40.6 Å². The van der Waals surface area contributed by atoms with Crippen LogP contribution in [0.25, 0.3) is 11.0 Å². The fourth-order valence-electron chi connectivity index (χ4n) is 3.09. The second kappa shape index (κ2) is 9.86. The van der Waals surface area contributed by atoms with Crippen molar-refractivity contribution in [2.75, 3.05) is 18.5 Å². The molecular formula is C23H23N3O6. The minimum Gasteiger partial charge on any atom is -0.465 e. The van der Waals surface area contributed by atoms with Crippen LogP contribution >= 0.6 is 0 Å². The summed E-state index contributed by atoms with van der Waals surface area (Å²) < 4.78 is 11.4. The monoisotopic (exact) mass is 437 g/mol. The Morgan fingerprint density at radius 2 is 1.69 bits per heavy atom. The van der Waals surface area contributed by atoms with Crippen LogP contribution in [0.15, 0.2) is 47.4 Å². The highest BCUT2D eigenvalue weighted by molar-refractivity contribution is 6.05. The summed E-state index contributed by atoms with van der Waals surface area (Å²) in [6.45, 7) is 5.43. The number of hydrogen-bond donors (Lipinski definition) is 1. The van der Waals surface area contributed by atoms with Gasteiger partial charge in [-0.05, 0) is 57.2 Å². The van der Waals surface area contributed by atoms with E-state index in [0.717, 1.165) is 0 Å². The van der Waals surface area contributed by atoms with E-state index in [4.69, 9.17) is 9.47 Å². The van der Waals surface area contributed by atoms with Gasteiger partial charge < -0.3 is 19.4 Å². The van der Waals surface area contributed by atoms with Crippen LogP contribution in [0.5, 0.6) is 0 Å². The Morgan fingerprint density at radius 1 is 1.00 bits per heavy atom. The Bertz CT molecular complexity index is 1230. The van der Waals surface area contributed by atoms with Crippen molar-refractivity contribution in [1.29, 1.82) is 0 Å². The Kier molecular flexibility index (Phi) is 6.99. The lowest BCUT2D eigenvalue weighted by atomic mass is 10.1. The van der Waals surface area contributed by atoms with E-state index < -0.39 is 23.3 Å². The summed E-state index contributed by atoms with van der Waals surface area (Å²) in [5, 5.41) is 2.85. The second-order valence-corrected chi connectivity index (χ2v) is 6.88. The van der Waals surface area contributed by atoms with E-state index in [2.05, 4.69) is 10.3 Å². The lowest BCUT2D eigenvalue weighted by Gasteiger charge is -2.13. The summed E-state index contributed by atoms with van der Waals surface area (Å²) in [6, 6.07) is 9.33. The zero-order valence-electron chi connectivity index (χ0n) is 18.0. The van der Waals surface area contributed by atoms with Crippen molar-refractivity contribution in [3.8, 4) is 0 Å². The van der Waals surface area contributed by atoms with Crippen molar-refractivity contribution in [2.24, 2.45) is 0 Å². The number of fused-ring (bicyclic) bond motifs is 1. The first kappa shape index (κ1) is 22.7. The van der Waals surface area contributed by atoms with Gasteiger partial charge in [0.1, 0.15) is 17.8 Å². The molecule has 0 aliphatic heterocycles. The molecule has 3 aromatic rings. The molecule has 9 nitrogen and oxygen atoms in total. The van der Waals surface area contributed by atoms with Gasteiger partial charge in [0.15, 0.2) is 0 Å². The van der Waals surface area contributed by atoms with Gasteiger partial charge in [-0.15, -0.1) is 0 Å². The number of aryl methyl sites for hydroxylation is 1. The molecule has 0 atom stereocenters. The smallest absolute Gasteiger partial charge is 0.338 e. The van der Waals surface area contributed by atoms with Crippen molar-refractivity contribution in [3.63, 3.8) is 0 Å². The van der Waals surface area contributed by atoms with E-state index in [9.17, 15) is 19.2 Å². The van der Waals surface area contributed by atoms with E-state index in [1.165, 1.54) is 35.0 Å². The molecule has 3 rings (SSSR count). The Balaban J connectivity index is 1.95. The molecule has 0 bridgehead atoms. The van der Waals surface area contributed by atoms with Gasteiger partial charge in [0.25, 0.3) is 5.91 Å². The van der Waals surface area contributed by atoms with Crippen LogP contribution in [-0.2, 0) is 20.8 Å². The summed E-state index contributed by atoms with van der Waals surface area (Å²) in [5.74, 6) is -1.63. The number of aromatic nitrogens is 2. The average molecular weight is 437 g/mol. The van der Waals surface area contributed by atoms with Gasteiger partial charge in [0, 0.05) is 17.6 Å². The third kappa shape index (κ3) is 5.00. The van der Waals surface area contributed by atoms with Crippen LogP contribution in [0, 0.1) is 6.92 Å². The summed E-state index contributed by atoms with van der Waals surface area (Å²) in [4.78, 5) is 54.0. The normalized spacial score (nSPS) is 10.6. The lowest BCUT2D eigenvalue weighted by Crippen LogP contribution is -2.26. The van der Waals surface area contributed by atoms with Crippen molar-refractivity contribution in [3.05, 3.63) is 69.6 Å². The molecule has 0 fully saturated rings. The number of nitrogens with one attached hydrogen (secondary N) is 1. The van der Waals surface area contributed by atoms with E-state index >= 15 is 0 Å². The summed E-state index contributed by atoms with van der Waals surface area (Å²) >= 11 is 0. The standard InChI is InChI=1S/C23H23N3O6/c1-4-31-19(27)13-26-12-18(20(28)17-11-6-14(3)24-21(17)26)22(29)25-16-9-7-15(8-10-16)23(30)32-5-2/h6-12H,4-5,13H2,1-3H3,(H,25,29). The number of carbonyl (C=O) groups excluding carboxylic acids is 3. The number of amides is 1. The maximum Gasteiger partial charge on any atom is 0.338 e. The lowest BCUT2D eigenvalue weighted by molar-refractivity contribution is -0.143. The molecule has 0 unspecified atom stereocenters. The van der Waals surface area contributed by atoms with Gasteiger partial charge in [0.05, 0.1) is 24.2 Å². The first-order valence-corrected chi connectivity index (χ1v) is 10.1. The van der Waals surface area contributed by atoms with E-state index in [1.54, 1.807) is 32.9 Å². The molecule has 32 heavy (non-hydrogen) atoms. The number of anilines is 1. The van der Waals surface area contributed by atoms with Crippen LogP contribution < -0.4 is 10.7 Å². The number of nitrogens with zero attached hydrogens (tertiary/aromatic N) is 2. The van der Waals surface area contributed by atoms with Gasteiger partial charge in [-0.1, -0.05) is 0 Å². The molecule has 166 valence electrons. The fourth-order valence-corrected chi connectivity index (χ4v) is 3.09. The van der Waals surface area contributed by atoms with Crippen LogP contribution in [0.2, 0.25) is 0 Å². The Morgan fingerprint density at radius 3 is 2.34 bits per heavy atom. The van der Waals surface area contributed by atoms with Gasteiger partial charge in [-0.3, -0.25) is 14.4 Å². The average Bonchev–Trinajstić information content (AvgIpc) is 2.76. The van der Waals surface area contributed by atoms with Gasteiger partial charge in [0.2, 0.25) is 5.43 Å². The predicted octanol–water partition coefficient (Wildman–Crippen LogP) is 2.70. The highest BCUT2D eigenvalue weighted by Crippen LogP contribution is 2.15. The molecule has 0 saturated carbocycles. The number of pyridine rings is 2. The minimum absolute atomic E-state index is 0.151. The van der Waals surface area contributed by atoms with Crippen LogP contribution in [0.3, 0.4) is 0 Å². The van der Waals surface area contributed by atoms with E-state index in [0.29, 0.717) is 22.6 Å². The summed E-state index contributed by atoms with van der Waals surface area (Å²) in [6.07, 6.45) is 1.30. The summed E-state index contributed by atoms with van der Waals surface area (Å²) in [5.41, 5.74) is 1.03. The van der Waals surface area contributed by atoms with Crippen LogP contribution in [0.4, 0.5) is 5.69 Å². The molecule has 0 saturated heterocycles. The quantitative estimate of drug-likeness (QED) is 0.565. The molecular weight excluding hydrogens is 414 g/mol. The number of benzene rings is 1. The van der Waals surface area contributed by atoms with Crippen molar-refractivity contribution >= 4 is 34.6 Å². The first-order chi connectivity index (χ1) is 15.3. The van der Waals surface area contributed by atoms with Crippen molar-refractivity contribution in [2.45, 2.75) is 27.3 Å². The maximum absolute atomic E-state index is 13.0. The van der Waals surface area contributed by atoms with E-state index in [1.807, 2.05) is 0 Å². The zero-order chi connectivity index (χ0) is 23.3. The molecule has 0 aliphatic rings. The molecule has 1 aromatic carbocycles. The second-order valence-electron chi connectivity index (χ2n) is 6.88. The third-order valence-corrected chi connectivity index (χ3v) is 4.56. The number of rotatable bonds is 7. The number of esters is 2. The van der Waals surface area contributed by atoms with Gasteiger partial charge in [-0.25, -0.2) is 9.78 Å². The topological polar surface area (TPSA) is 117 Å². The molecule has 2 aromatic heterocycles. The third-order valence-electron chi connectivity index (χ3n) is 4.56. The molecule has 2 heterocycles. The van der Waals surface area contributed by atoms with Gasteiger partial charge >= 0.3 is 11.9 Å². The minimum atomic E-state index is -0.654. The summed E-state index contributed by atoms with van der Waals surface area (Å²) in [7, 11) is 0. The van der Waals surface area contributed by atoms with Crippen molar-refractivity contribution < 1.29 is 23.9 Å². The Hall–Kier alpha value is -4.01. The number of ether oxygens (including phenoxy) is 2. The molecule has 1 N–H and O–H groups in total. The maximum atomic E-state index is 13.0. The highest BCUT2D eigenvalue weighted by Gasteiger charge is 2.18. The molecule has 1 amide bonds. The number of carbonyl (C=O) groups is 3. The molecule has 0 spiro atoms. The van der Waals surface area contributed by atoms with Crippen molar-refractivity contribution in [1.82, 2.24) is 9.55 Å². The molecule has 9 heteroatoms. The van der Waals surface area contributed by atoms with E-state index in [-0.39, 0.29) is 30.7 Å². The SMILES string of the molecule is CCOC(=O)Cn1cc(C(=O)Nc2ccc(C(=O)OCC)cc2)c(=O)c2ccc(C)nc21. The number of hydrogen-bond acceptors (Lipinski definition) is 7. The molecule has 0 aliphatic carbocycles. The predicted molar refractivity (Wildman–Crippen MR) is 118 cm³/mol.